The first-order valence-electron chi connectivity index (χ1n) is 6.09. The van der Waals surface area contributed by atoms with Crippen molar-refractivity contribution in [3.05, 3.63) is 35.4 Å². The Kier molecular flexibility index (Phi) is 5.70. The van der Waals surface area contributed by atoms with Crippen LogP contribution in [0.25, 0.3) is 0 Å². The van der Waals surface area contributed by atoms with E-state index in [2.05, 4.69) is 19.1 Å². The molecule has 0 aliphatic rings. The maximum Gasteiger partial charge on any atom is 0.305 e. The summed E-state index contributed by atoms with van der Waals surface area (Å²) in [7, 11) is 0. The molecule has 0 amide bonds. The molecule has 0 spiro atoms. The van der Waals surface area contributed by atoms with E-state index in [1.54, 1.807) is 0 Å². The van der Waals surface area contributed by atoms with E-state index in [4.69, 9.17) is 10.5 Å². The highest BCUT2D eigenvalue weighted by atomic mass is 16.5. The molecular weight excluding hydrogens is 214 g/mol. The molecule has 0 radical (unpaired) electrons. The van der Waals surface area contributed by atoms with Crippen molar-refractivity contribution >= 4 is 5.97 Å². The second kappa shape index (κ2) is 7.07. The summed E-state index contributed by atoms with van der Waals surface area (Å²) in [5.74, 6) is -0.160. The number of esters is 1. The summed E-state index contributed by atoms with van der Waals surface area (Å²) in [6.07, 6.45) is 1.89. The zero-order valence-electron chi connectivity index (χ0n) is 10.6. The number of rotatable bonds is 6. The zero-order chi connectivity index (χ0) is 12.7. The molecule has 0 heterocycles. The fraction of sp³-hybridized carbons (Fsp3) is 0.500. The van der Waals surface area contributed by atoms with Crippen molar-refractivity contribution in [2.75, 3.05) is 6.61 Å². The van der Waals surface area contributed by atoms with E-state index in [0.717, 1.165) is 6.42 Å². The van der Waals surface area contributed by atoms with Crippen LogP contribution in [0.2, 0.25) is 0 Å². The lowest BCUT2D eigenvalue weighted by Crippen LogP contribution is -2.24. The molecule has 94 valence electrons. The molecule has 1 aromatic rings. The molecular formula is C14H21NO2. The Morgan fingerprint density at radius 1 is 1.41 bits per heavy atom. The lowest BCUT2D eigenvalue weighted by molar-refractivity contribution is -0.143. The van der Waals surface area contributed by atoms with E-state index in [9.17, 15) is 4.79 Å². The number of aryl methyl sites for hydroxylation is 1. The quantitative estimate of drug-likeness (QED) is 0.769. The van der Waals surface area contributed by atoms with Crippen molar-refractivity contribution in [2.45, 2.75) is 39.2 Å². The molecule has 0 saturated heterocycles. The molecule has 3 heteroatoms. The van der Waals surface area contributed by atoms with E-state index >= 15 is 0 Å². The minimum atomic E-state index is -0.160. The lowest BCUT2D eigenvalue weighted by atomic mass is 9.99. The fourth-order valence-electron chi connectivity index (χ4n) is 1.76. The molecule has 17 heavy (non-hydrogen) atoms. The van der Waals surface area contributed by atoms with Crippen LogP contribution < -0.4 is 5.73 Å². The Balaban J connectivity index is 2.37. The van der Waals surface area contributed by atoms with Crippen LogP contribution in [0.5, 0.6) is 0 Å². The van der Waals surface area contributed by atoms with Crippen LogP contribution in [0.1, 0.15) is 30.9 Å². The standard InChI is InChI=1S/C14H21NO2/c1-3-17-14(16)9-8-13(15)10-12-7-5-4-6-11(12)2/h4-7,13H,3,8-10,15H2,1-2H3. The van der Waals surface area contributed by atoms with Gasteiger partial charge in [-0.2, -0.15) is 0 Å². The molecule has 0 bridgehead atoms. The van der Waals surface area contributed by atoms with Crippen LogP contribution >= 0.6 is 0 Å². The van der Waals surface area contributed by atoms with Gasteiger partial charge in [0, 0.05) is 12.5 Å². The topological polar surface area (TPSA) is 52.3 Å². The highest BCUT2D eigenvalue weighted by Crippen LogP contribution is 2.11. The summed E-state index contributed by atoms with van der Waals surface area (Å²) in [6, 6.07) is 8.21. The van der Waals surface area contributed by atoms with E-state index in [1.807, 2.05) is 19.1 Å². The molecule has 0 aliphatic carbocycles. The largest absolute Gasteiger partial charge is 0.466 e. The number of benzene rings is 1. The van der Waals surface area contributed by atoms with Gasteiger partial charge in [-0.1, -0.05) is 24.3 Å². The van der Waals surface area contributed by atoms with Gasteiger partial charge in [0.1, 0.15) is 0 Å². The van der Waals surface area contributed by atoms with Gasteiger partial charge in [0.15, 0.2) is 0 Å². The molecule has 0 aromatic heterocycles. The van der Waals surface area contributed by atoms with E-state index in [0.29, 0.717) is 19.4 Å². The number of carbonyl (C=O) groups excluding carboxylic acids is 1. The number of hydrogen-bond donors (Lipinski definition) is 1. The van der Waals surface area contributed by atoms with Crippen LogP contribution in [0.4, 0.5) is 0 Å². The third-order valence-corrected chi connectivity index (χ3v) is 2.77. The van der Waals surface area contributed by atoms with Crippen LogP contribution in [-0.2, 0) is 16.0 Å². The van der Waals surface area contributed by atoms with Crippen molar-refractivity contribution in [1.82, 2.24) is 0 Å². The minimum absolute atomic E-state index is 0.0144. The second-order valence-electron chi connectivity index (χ2n) is 4.23. The number of ether oxygens (including phenoxy) is 1. The first-order valence-corrected chi connectivity index (χ1v) is 6.09. The summed E-state index contributed by atoms with van der Waals surface area (Å²) in [5, 5.41) is 0. The number of nitrogens with two attached hydrogens (primary N) is 1. The van der Waals surface area contributed by atoms with Crippen LogP contribution in [0.3, 0.4) is 0 Å². The van der Waals surface area contributed by atoms with Gasteiger partial charge < -0.3 is 10.5 Å². The minimum Gasteiger partial charge on any atom is -0.466 e. The monoisotopic (exact) mass is 235 g/mol. The normalized spacial score (nSPS) is 12.2. The molecule has 1 aromatic carbocycles. The predicted octanol–water partition coefficient (Wildman–Crippen LogP) is 2.21. The van der Waals surface area contributed by atoms with Crippen LogP contribution in [0, 0.1) is 6.92 Å². The highest BCUT2D eigenvalue weighted by molar-refractivity contribution is 5.69. The SMILES string of the molecule is CCOC(=O)CCC(N)Cc1ccccc1C. The Labute approximate surface area is 103 Å². The Morgan fingerprint density at radius 3 is 2.76 bits per heavy atom. The summed E-state index contributed by atoms with van der Waals surface area (Å²) < 4.78 is 4.87. The molecule has 0 aliphatic heterocycles. The van der Waals surface area contributed by atoms with Gasteiger partial charge in [-0.15, -0.1) is 0 Å². The maximum absolute atomic E-state index is 11.2. The van der Waals surface area contributed by atoms with Gasteiger partial charge >= 0.3 is 5.97 Å². The Morgan fingerprint density at radius 2 is 2.12 bits per heavy atom. The molecule has 3 nitrogen and oxygen atoms in total. The summed E-state index contributed by atoms with van der Waals surface area (Å²) >= 11 is 0. The smallest absolute Gasteiger partial charge is 0.305 e. The maximum atomic E-state index is 11.2. The molecule has 0 saturated carbocycles. The van der Waals surface area contributed by atoms with Gasteiger partial charge in [0.2, 0.25) is 0 Å². The Hall–Kier alpha value is -1.35. The average molecular weight is 235 g/mol. The van der Waals surface area contributed by atoms with Gasteiger partial charge in [0.25, 0.3) is 0 Å². The van der Waals surface area contributed by atoms with Crippen molar-refractivity contribution in [1.29, 1.82) is 0 Å². The molecule has 1 atom stereocenters. The fourth-order valence-corrected chi connectivity index (χ4v) is 1.76. The second-order valence-corrected chi connectivity index (χ2v) is 4.23. The Bertz CT molecular complexity index is 363. The van der Waals surface area contributed by atoms with Crippen molar-refractivity contribution < 1.29 is 9.53 Å². The molecule has 1 rings (SSSR count). The van der Waals surface area contributed by atoms with E-state index < -0.39 is 0 Å². The molecule has 1 unspecified atom stereocenters. The first-order chi connectivity index (χ1) is 8.13. The van der Waals surface area contributed by atoms with Crippen LogP contribution in [0.15, 0.2) is 24.3 Å². The highest BCUT2D eigenvalue weighted by Gasteiger charge is 2.09. The number of hydrogen-bond acceptors (Lipinski definition) is 3. The third kappa shape index (κ3) is 5.00. The number of carbonyl (C=O) groups is 1. The zero-order valence-corrected chi connectivity index (χ0v) is 10.6. The first kappa shape index (κ1) is 13.7. The summed E-state index contributed by atoms with van der Waals surface area (Å²) in [4.78, 5) is 11.2. The predicted molar refractivity (Wildman–Crippen MR) is 68.7 cm³/mol. The van der Waals surface area contributed by atoms with Gasteiger partial charge in [0.05, 0.1) is 6.61 Å². The van der Waals surface area contributed by atoms with Crippen molar-refractivity contribution in [3.8, 4) is 0 Å². The van der Waals surface area contributed by atoms with Crippen LogP contribution in [-0.4, -0.2) is 18.6 Å². The van der Waals surface area contributed by atoms with E-state index in [-0.39, 0.29) is 12.0 Å². The lowest BCUT2D eigenvalue weighted by Gasteiger charge is -2.12. The summed E-state index contributed by atoms with van der Waals surface area (Å²) in [6.45, 7) is 4.32. The van der Waals surface area contributed by atoms with Gasteiger partial charge in [-0.25, -0.2) is 0 Å². The van der Waals surface area contributed by atoms with Crippen molar-refractivity contribution in [3.63, 3.8) is 0 Å². The summed E-state index contributed by atoms with van der Waals surface area (Å²) in [5.41, 5.74) is 8.51. The average Bonchev–Trinajstić information content (AvgIpc) is 2.30. The van der Waals surface area contributed by atoms with Crippen molar-refractivity contribution in [2.24, 2.45) is 5.73 Å². The molecule has 0 fully saturated rings. The van der Waals surface area contributed by atoms with Gasteiger partial charge in [-0.05, 0) is 37.8 Å². The van der Waals surface area contributed by atoms with Gasteiger partial charge in [-0.3, -0.25) is 4.79 Å². The third-order valence-electron chi connectivity index (χ3n) is 2.77. The molecule has 2 N–H and O–H groups in total. The van der Waals surface area contributed by atoms with E-state index in [1.165, 1.54) is 11.1 Å².